The number of aryl methyl sites for hydroxylation is 1. The smallest absolute Gasteiger partial charge is 0.231 e. The molecule has 6 heteroatoms. The maximum Gasteiger partial charge on any atom is 0.231 e. The van der Waals surface area contributed by atoms with Crippen molar-refractivity contribution in [2.24, 2.45) is 0 Å². The Morgan fingerprint density at radius 3 is 2.64 bits per heavy atom. The second kappa shape index (κ2) is 7.17. The number of fused-ring (bicyclic) bond motifs is 1. The van der Waals surface area contributed by atoms with E-state index in [1.165, 1.54) is 25.7 Å². The largest absolute Gasteiger partial charge is 0.454 e. The van der Waals surface area contributed by atoms with Crippen molar-refractivity contribution in [3.63, 3.8) is 0 Å². The summed E-state index contributed by atoms with van der Waals surface area (Å²) < 4.78 is 10.8. The molecule has 2 aliphatic heterocycles. The number of nitrogens with one attached hydrogen (secondary N) is 1. The van der Waals surface area contributed by atoms with Gasteiger partial charge in [-0.2, -0.15) is 4.98 Å². The molecule has 1 aromatic heterocycles. The van der Waals surface area contributed by atoms with Gasteiger partial charge in [0.25, 0.3) is 0 Å². The van der Waals surface area contributed by atoms with Crippen molar-refractivity contribution >= 4 is 11.8 Å². The van der Waals surface area contributed by atoms with Gasteiger partial charge in [-0.25, -0.2) is 4.98 Å². The Balaban J connectivity index is 1.46. The number of hydrogen-bond donors (Lipinski definition) is 1. The molecule has 1 N–H and O–H groups in total. The highest BCUT2D eigenvalue weighted by atomic mass is 16.7. The monoisotopic (exact) mass is 340 g/mol. The van der Waals surface area contributed by atoms with Crippen molar-refractivity contribution in [3.05, 3.63) is 35.5 Å². The summed E-state index contributed by atoms with van der Waals surface area (Å²) in [5.41, 5.74) is 2.12. The fourth-order valence-electron chi connectivity index (χ4n) is 3.30. The maximum absolute atomic E-state index is 5.44. The number of hydrogen-bond acceptors (Lipinski definition) is 6. The van der Waals surface area contributed by atoms with Gasteiger partial charge in [0.1, 0.15) is 5.82 Å². The zero-order chi connectivity index (χ0) is 17.1. The zero-order valence-electron chi connectivity index (χ0n) is 14.6. The van der Waals surface area contributed by atoms with Gasteiger partial charge in [-0.3, -0.25) is 0 Å². The predicted molar refractivity (Wildman–Crippen MR) is 97.3 cm³/mol. The molecule has 4 rings (SSSR count). The van der Waals surface area contributed by atoms with Gasteiger partial charge >= 0.3 is 0 Å². The van der Waals surface area contributed by atoms with Crippen LogP contribution in [0.5, 0.6) is 11.5 Å². The first-order valence-electron chi connectivity index (χ1n) is 9.01. The summed E-state index contributed by atoms with van der Waals surface area (Å²) in [4.78, 5) is 11.7. The van der Waals surface area contributed by atoms with Gasteiger partial charge in [0, 0.05) is 31.4 Å². The fraction of sp³-hybridized carbons (Fsp3) is 0.474. The Bertz CT molecular complexity index is 742. The van der Waals surface area contributed by atoms with Gasteiger partial charge in [0.15, 0.2) is 11.5 Å². The van der Waals surface area contributed by atoms with Crippen LogP contribution < -0.4 is 19.7 Å². The van der Waals surface area contributed by atoms with Gasteiger partial charge < -0.3 is 19.7 Å². The molecule has 0 saturated carbocycles. The highest BCUT2D eigenvalue weighted by Crippen LogP contribution is 2.32. The van der Waals surface area contributed by atoms with Crippen LogP contribution in [-0.2, 0) is 6.54 Å². The summed E-state index contributed by atoms with van der Waals surface area (Å²) in [6, 6.07) is 8.00. The van der Waals surface area contributed by atoms with Gasteiger partial charge in [-0.1, -0.05) is 18.9 Å². The maximum atomic E-state index is 5.44. The third-order valence-corrected chi connectivity index (χ3v) is 4.64. The van der Waals surface area contributed by atoms with Crippen LogP contribution in [0.2, 0.25) is 0 Å². The first kappa shape index (κ1) is 16.0. The molecule has 0 unspecified atom stereocenters. The first-order valence-corrected chi connectivity index (χ1v) is 9.01. The van der Waals surface area contributed by atoms with Crippen LogP contribution in [-0.4, -0.2) is 29.9 Å². The third-order valence-electron chi connectivity index (χ3n) is 4.64. The molecule has 1 saturated heterocycles. The van der Waals surface area contributed by atoms with Crippen LogP contribution in [0.3, 0.4) is 0 Å². The molecule has 1 aromatic carbocycles. The Morgan fingerprint density at radius 1 is 1.00 bits per heavy atom. The Morgan fingerprint density at radius 2 is 1.80 bits per heavy atom. The lowest BCUT2D eigenvalue weighted by atomic mass is 10.2. The lowest BCUT2D eigenvalue weighted by Crippen LogP contribution is -2.26. The van der Waals surface area contributed by atoms with E-state index in [4.69, 9.17) is 14.5 Å². The van der Waals surface area contributed by atoms with E-state index in [1.54, 1.807) is 0 Å². The minimum Gasteiger partial charge on any atom is -0.454 e. The van der Waals surface area contributed by atoms with E-state index in [1.807, 2.05) is 31.2 Å². The molecule has 0 spiro atoms. The lowest BCUT2D eigenvalue weighted by molar-refractivity contribution is 0.174. The highest BCUT2D eigenvalue weighted by molar-refractivity contribution is 5.47. The average Bonchev–Trinajstić information content (AvgIpc) is 2.91. The molecule has 0 aliphatic carbocycles. The van der Waals surface area contributed by atoms with Crippen molar-refractivity contribution in [2.75, 3.05) is 30.1 Å². The quantitative estimate of drug-likeness (QED) is 0.919. The Labute approximate surface area is 148 Å². The fourth-order valence-corrected chi connectivity index (χ4v) is 3.30. The van der Waals surface area contributed by atoms with E-state index in [2.05, 4.69) is 15.2 Å². The first-order chi connectivity index (χ1) is 12.3. The second-order valence-electron chi connectivity index (χ2n) is 6.64. The summed E-state index contributed by atoms with van der Waals surface area (Å²) in [6.45, 7) is 5.11. The van der Waals surface area contributed by atoms with E-state index in [9.17, 15) is 0 Å². The van der Waals surface area contributed by atoms with E-state index in [0.717, 1.165) is 47.6 Å². The summed E-state index contributed by atoms with van der Waals surface area (Å²) >= 11 is 0. The molecule has 0 radical (unpaired) electrons. The minimum absolute atomic E-state index is 0.302. The van der Waals surface area contributed by atoms with Gasteiger partial charge in [0.05, 0.1) is 0 Å². The van der Waals surface area contributed by atoms with Crippen molar-refractivity contribution in [1.82, 2.24) is 9.97 Å². The van der Waals surface area contributed by atoms with E-state index < -0.39 is 0 Å². The number of aromatic nitrogens is 2. The Kier molecular flexibility index (Phi) is 4.59. The third kappa shape index (κ3) is 3.78. The van der Waals surface area contributed by atoms with Gasteiger partial charge in [0.2, 0.25) is 12.7 Å². The molecule has 2 aliphatic rings. The molecule has 132 valence electrons. The standard InChI is InChI=1S/C19H24N4O2/c1-14-10-18(22-19(21-14)23-8-4-2-3-5-9-23)20-12-15-6-7-16-17(11-15)25-13-24-16/h6-7,10-11H,2-5,8-9,12-13H2,1H3,(H,20,21,22). The van der Waals surface area contributed by atoms with E-state index in [-0.39, 0.29) is 0 Å². The summed E-state index contributed by atoms with van der Waals surface area (Å²) in [5, 5.41) is 3.41. The average molecular weight is 340 g/mol. The van der Waals surface area contributed by atoms with Crippen LogP contribution in [0.25, 0.3) is 0 Å². The lowest BCUT2D eigenvalue weighted by Gasteiger charge is -2.21. The second-order valence-corrected chi connectivity index (χ2v) is 6.64. The zero-order valence-corrected chi connectivity index (χ0v) is 14.6. The van der Waals surface area contributed by atoms with Crippen molar-refractivity contribution in [2.45, 2.75) is 39.2 Å². The van der Waals surface area contributed by atoms with Gasteiger partial charge in [-0.05, 0) is 37.5 Å². The molecule has 25 heavy (non-hydrogen) atoms. The normalized spacial score (nSPS) is 16.6. The number of anilines is 2. The van der Waals surface area contributed by atoms with Crippen LogP contribution in [0, 0.1) is 6.92 Å². The summed E-state index contributed by atoms with van der Waals surface area (Å²) in [6.07, 6.45) is 5.05. The van der Waals surface area contributed by atoms with Crippen LogP contribution in [0.1, 0.15) is 36.9 Å². The Hall–Kier alpha value is -2.50. The van der Waals surface area contributed by atoms with Crippen molar-refractivity contribution in [1.29, 1.82) is 0 Å². The van der Waals surface area contributed by atoms with Crippen LogP contribution >= 0.6 is 0 Å². The molecule has 2 aromatic rings. The number of rotatable bonds is 4. The van der Waals surface area contributed by atoms with Crippen molar-refractivity contribution in [3.8, 4) is 11.5 Å². The molecular weight excluding hydrogens is 316 g/mol. The number of ether oxygens (including phenoxy) is 2. The minimum atomic E-state index is 0.302. The molecule has 1 fully saturated rings. The predicted octanol–water partition coefficient (Wildman–Crippen LogP) is 3.51. The van der Waals surface area contributed by atoms with Crippen molar-refractivity contribution < 1.29 is 9.47 Å². The molecule has 6 nitrogen and oxygen atoms in total. The number of benzene rings is 1. The molecule has 0 atom stereocenters. The SMILES string of the molecule is Cc1cc(NCc2ccc3c(c2)OCO3)nc(N2CCCCCC2)n1. The van der Waals surface area contributed by atoms with E-state index in [0.29, 0.717) is 13.3 Å². The molecular formula is C19H24N4O2. The molecule has 0 amide bonds. The molecule has 3 heterocycles. The van der Waals surface area contributed by atoms with Crippen LogP contribution in [0.4, 0.5) is 11.8 Å². The van der Waals surface area contributed by atoms with Crippen LogP contribution in [0.15, 0.2) is 24.3 Å². The van der Waals surface area contributed by atoms with Gasteiger partial charge in [-0.15, -0.1) is 0 Å². The number of nitrogens with zero attached hydrogens (tertiary/aromatic N) is 3. The summed E-state index contributed by atoms with van der Waals surface area (Å²) in [5.74, 6) is 3.33. The van der Waals surface area contributed by atoms with E-state index >= 15 is 0 Å². The topological polar surface area (TPSA) is 59.5 Å². The highest BCUT2D eigenvalue weighted by Gasteiger charge is 2.15. The summed E-state index contributed by atoms with van der Waals surface area (Å²) in [7, 11) is 0. The molecule has 0 bridgehead atoms.